The van der Waals surface area contributed by atoms with Crippen LogP contribution in [0.15, 0.2) is 71.3 Å². The highest BCUT2D eigenvalue weighted by Crippen LogP contribution is 2.43. The van der Waals surface area contributed by atoms with Gasteiger partial charge in [0.25, 0.3) is 0 Å². The van der Waals surface area contributed by atoms with E-state index in [9.17, 15) is 0 Å². The normalized spacial score (nSPS) is 13.1. The van der Waals surface area contributed by atoms with Gasteiger partial charge in [0.05, 0.1) is 12.1 Å². The van der Waals surface area contributed by atoms with Crippen LogP contribution in [0.1, 0.15) is 34.6 Å². The number of benzene rings is 3. The van der Waals surface area contributed by atoms with Crippen LogP contribution in [0.2, 0.25) is 0 Å². The molecule has 2 aromatic heterocycles. The molecule has 0 atom stereocenters. The van der Waals surface area contributed by atoms with Crippen molar-refractivity contribution < 1.29 is 16.1 Å². The zero-order valence-corrected chi connectivity index (χ0v) is 20.5. The third-order valence-corrected chi connectivity index (χ3v) is 6.14. The second-order valence-corrected chi connectivity index (χ2v) is 9.99. The van der Waals surface area contributed by atoms with Crippen molar-refractivity contribution in [3.05, 3.63) is 95.2 Å². The third kappa shape index (κ3) is 4.08. The maximum Gasteiger partial charge on any atom is 0.216 e. The van der Waals surface area contributed by atoms with E-state index in [1.165, 1.54) is 6.20 Å². The molecule has 0 radical (unpaired) electrons. The molecule has 0 N–H and O–H groups in total. The summed E-state index contributed by atoms with van der Waals surface area (Å²) in [5.74, 6) is -0.589. The molecule has 0 saturated carbocycles. The number of pyridine rings is 1. The highest BCUT2D eigenvalue weighted by Gasteiger charge is 2.25. The average Bonchev–Trinajstić information content (AvgIpc) is 3.22. The third-order valence-electron chi connectivity index (χ3n) is 6.14. The summed E-state index contributed by atoms with van der Waals surface area (Å²) in [4.78, 5) is 3.66. The Kier molecular flexibility index (Phi) is 4.87. The van der Waals surface area contributed by atoms with E-state index in [2.05, 4.69) is 4.85 Å². The van der Waals surface area contributed by atoms with Crippen LogP contribution in [0, 0.1) is 24.7 Å². The van der Waals surface area contributed by atoms with Crippen LogP contribution in [0.25, 0.3) is 49.2 Å². The zero-order chi connectivity index (χ0) is 26.7. The van der Waals surface area contributed by atoms with E-state index in [4.69, 9.17) is 13.7 Å². The molecule has 5 rings (SSSR count). The quantitative estimate of drug-likeness (QED) is 0.194. The van der Waals surface area contributed by atoms with Crippen LogP contribution in [-0.2, 0) is 13.4 Å². The number of aryl methyl sites for hydroxylation is 2. The molecule has 0 spiro atoms. The maximum absolute atomic E-state index is 15.2. The molecule has 0 aliphatic carbocycles. The SMILES string of the molecule is [2H]C([2H])(c1cc(-c2c(C)ccc3c2oc2cc([N+]#[C-])cc(-c4ccccc4)c23)[n+](C)cc1F)C(C)(C)C. The zero-order valence-electron chi connectivity index (χ0n) is 22.5. The van der Waals surface area contributed by atoms with Crippen LogP contribution >= 0.6 is 0 Å². The van der Waals surface area contributed by atoms with Crippen LogP contribution in [-0.4, -0.2) is 0 Å². The fourth-order valence-corrected chi connectivity index (χ4v) is 4.65. The molecular weight excluding hydrogens is 435 g/mol. The molecule has 35 heavy (non-hydrogen) atoms. The second-order valence-electron chi connectivity index (χ2n) is 9.99. The molecule has 0 aliphatic heterocycles. The van der Waals surface area contributed by atoms with Crippen LogP contribution in [0.5, 0.6) is 0 Å². The van der Waals surface area contributed by atoms with E-state index < -0.39 is 17.6 Å². The fourth-order valence-electron chi connectivity index (χ4n) is 4.65. The molecule has 174 valence electrons. The van der Waals surface area contributed by atoms with Crippen molar-refractivity contribution in [3.63, 3.8) is 0 Å². The predicted molar refractivity (Wildman–Crippen MR) is 140 cm³/mol. The van der Waals surface area contributed by atoms with E-state index in [1.807, 2.05) is 55.5 Å². The number of furan rings is 1. The van der Waals surface area contributed by atoms with Gasteiger partial charge in [-0.1, -0.05) is 63.2 Å². The van der Waals surface area contributed by atoms with Gasteiger partial charge in [0, 0.05) is 25.1 Å². The Bertz CT molecular complexity index is 1720. The molecule has 0 aliphatic rings. The summed E-state index contributed by atoms with van der Waals surface area (Å²) in [6, 6.07) is 19.2. The highest BCUT2D eigenvalue weighted by molar-refractivity contribution is 6.16. The van der Waals surface area contributed by atoms with Gasteiger partial charge >= 0.3 is 0 Å². The van der Waals surface area contributed by atoms with Crippen molar-refractivity contribution in [2.24, 2.45) is 12.5 Å². The van der Waals surface area contributed by atoms with Crippen molar-refractivity contribution in [2.75, 3.05) is 0 Å². The molecule has 0 unspecified atom stereocenters. The molecule has 5 aromatic rings. The van der Waals surface area contributed by atoms with Gasteiger partial charge in [0.15, 0.2) is 11.5 Å². The summed E-state index contributed by atoms with van der Waals surface area (Å²) in [5, 5.41) is 1.79. The summed E-state index contributed by atoms with van der Waals surface area (Å²) in [5.41, 5.74) is 5.14. The summed E-state index contributed by atoms with van der Waals surface area (Å²) >= 11 is 0. The molecule has 0 amide bonds. The number of nitrogens with zero attached hydrogens (tertiary/aromatic N) is 2. The number of hydrogen-bond acceptors (Lipinski definition) is 1. The van der Waals surface area contributed by atoms with E-state index in [0.717, 1.165) is 33.0 Å². The molecule has 4 heteroatoms. The largest absolute Gasteiger partial charge is 0.456 e. The molecule has 0 bridgehead atoms. The summed E-state index contributed by atoms with van der Waals surface area (Å²) in [6.45, 7) is 14.9. The summed E-state index contributed by atoms with van der Waals surface area (Å²) in [6.07, 6.45) is -0.567. The number of hydrogen-bond donors (Lipinski definition) is 0. The first-order chi connectivity index (χ1) is 17.4. The summed E-state index contributed by atoms with van der Waals surface area (Å²) in [7, 11) is 1.75. The summed E-state index contributed by atoms with van der Waals surface area (Å²) < 4.78 is 40.8. The van der Waals surface area contributed by atoms with Gasteiger partial charge in [-0.15, -0.1) is 0 Å². The first kappa shape index (κ1) is 20.4. The Morgan fingerprint density at radius 1 is 1.09 bits per heavy atom. The Morgan fingerprint density at radius 2 is 1.83 bits per heavy atom. The van der Waals surface area contributed by atoms with Gasteiger partial charge < -0.3 is 4.42 Å². The Balaban J connectivity index is 1.87. The lowest BCUT2D eigenvalue weighted by Gasteiger charge is -2.18. The number of fused-ring (bicyclic) bond motifs is 3. The number of aromatic nitrogens is 1. The molecule has 0 fully saturated rings. The molecule has 3 aromatic carbocycles. The topological polar surface area (TPSA) is 21.4 Å². The second kappa shape index (κ2) is 8.36. The lowest BCUT2D eigenvalue weighted by atomic mass is 9.87. The fraction of sp³-hybridized carbons (Fsp3) is 0.226. The lowest BCUT2D eigenvalue weighted by molar-refractivity contribution is -0.662. The minimum absolute atomic E-state index is 0.0147. The van der Waals surface area contributed by atoms with E-state index >= 15 is 4.39 Å². The van der Waals surface area contributed by atoms with Gasteiger partial charge in [-0.05, 0) is 47.5 Å². The van der Waals surface area contributed by atoms with E-state index in [1.54, 1.807) is 44.5 Å². The van der Waals surface area contributed by atoms with E-state index in [-0.39, 0.29) is 5.56 Å². The lowest BCUT2D eigenvalue weighted by Crippen LogP contribution is -2.32. The molecule has 0 saturated heterocycles. The van der Waals surface area contributed by atoms with Crippen molar-refractivity contribution in [1.29, 1.82) is 0 Å². The van der Waals surface area contributed by atoms with Crippen molar-refractivity contribution >= 4 is 27.6 Å². The van der Waals surface area contributed by atoms with Gasteiger partial charge in [0.1, 0.15) is 18.2 Å². The maximum atomic E-state index is 15.2. The smallest absolute Gasteiger partial charge is 0.216 e. The predicted octanol–water partition coefficient (Wildman–Crippen LogP) is 8.33. The minimum Gasteiger partial charge on any atom is -0.456 e. The average molecular weight is 466 g/mol. The van der Waals surface area contributed by atoms with Crippen LogP contribution in [0.4, 0.5) is 10.1 Å². The highest BCUT2D eigenvalue weighted by atomic mass is 19.1. The molecular formula is C31H28FN2O+. The number of rotatable bonds is 3. The molecule has 2 heterocycles. The van der Waals surface area contributed by atoms with Crippen LogP contribution < -0.4 is 4.57 Å². The van der Waals surface area contributed by atoms with E-state index in [0.29, 0.717) is 22.5 Å². The minimum atomic E-state index is -1.90. The van der Waals surface area contributed by atoms with Gasteiger partial charge in [-0.25, -0.2) is 9.24 Å². The number of halogens is 1. The first-order valence-electron chi connectivity index (χ1n) is 12.6. The Morgan fingerprint density at radius 3 is 2.51 bits per heavy atom. The van der Waals surface area contributed by atoms with Crippen LogP contribution in [0.3, 0.4) is 0 Å². The van der Waals surface area contributed by atoms with Gasteiger partial charge in [-0.3, -0.25) is 0 Å². The Labute approximate surface area is 208 Å². The van der Waals surface area contributed by atoms with Crippen molar-refractivity contribution in [1.82, 2.24) is 0 Å². The Hall–Kier alpha value is -3.97. The molecule has 3 nitrogen and oxygen atoms in total. The first-order valence-corrected chi connectivity index (χ1v) is 11.6. The van der Waals surface area contributed by atoms with Crippen molar-refractivity contribution in [3.8, 4) is 22.4 Å². The monoisotopic (exact) mass is 465 g/mol. The van der Waals surface area contributed by atoms with Gasteiger partial charge in [0.2, 0.25) is 11.9 Å². The van der Waals surface area contributed by atoms with Crippen molar-refractivity contribution in [2.45, 2.75) is 34.1 Å². The van der Waals surface area contributed by atoms with Gasteiger partial charge in [-0.2, -0.15) is 4.57 Å². The standard InChI is InChI=1S/C31H28FN2O/c1-19-12-13-23-29-24(20-10-8-7-9-11-20)15-22(33-5)16-27(29)35-30(23)28(19)26-14-21(17-31(2,3)4)25(32)18-34(26)6/h7-16,18H,17H2,1-4,6H3/q+1/i17D2.